The first kappa shape index (κ1) is 74.1. The molecule has 0 spiro atoms. The van der Waals surface area contributed by atoms with Crippen LogP contribution in [0.2, 0.25) is 0 Å². The van der Waals surface area contributed by atoms with Crippen molar-refractivity contribution in [2.75, 3.05) is 13.2 Å². The van der Waals surface area contributed by atoms with Gasteiger partial charge in [0.25, 0.3) is 0 Å². The predicted octanol–water partition coefficient (Wildman–Crippen LogP) is 23.1. The molecule has 0 amide bonds. The summed E-state index contributed by atoms with van der Waals surface area (Å²) in [4.78, 5) is 38.4. The third kappa shape index (κ3) is 63.8. The Morgan fingerprint density at radius 1 is 0.260 bits per heavy atom. The largest absolute Gasteiger partial charge is 0.462 e. The molecule has 0 radical (unpaired) electrons. The lowest BCUT2D eigenvalue weighted by molar-refractivity contribution is -0.167. The lowest BCUT2D eigenvalue weighted by Gasteiger charge is -2.18. The van der Waals surface area contributed by atoms with Crippen molar-refractivity contribution < 1.29 is 28.6 Å². The minimum absolute atomic E-state index is 0.0809. The fourth-order valence-corrected chi connectivity index (χ4v) is 9.89. The van der Waals surface area contributed by atoms with Crippen molar-refractivity contribution in [2.24, 2.45) is 0 Å². The van der Waals surface area contributed by atoms with Crippen molar-refractivity contribution in [3.05, 3.63) is 60.8 Å². The van der Waals surface area contributed by atoms with E-state index in [4.69, 9.17) is 14.2 Å². The summed E-state index contributed by atoms with van der Waals surface area (Å²) in [5.41, 5.74) is 0. The van der Waals surface area contributed by atoms with Gasteiger partial charge < -0.3 is 14.2 Å². The van der Waals surface area contributed by atoms with E-state index in [-0.39, 0.29) is 31.1 Å². The van der Waals surface area contributed by atoms with Gasteiger partial charge in [0.2, 0.25) is 0 Å². The van der Waals surface area contributed by atoms with Crippen LogP contribution in [0.1, 0.15) is 355 Å². The summed E-state index contributed by atoms with van der Waals surface area (Å²) in [6.45, 7) is 6.64. The summed E-state index contributed by atoms with van der Waals surface area (Å²) in [7, 11) is 0. The van der Waals surface area contributed by atoms with Crippen LogP contribution in [-0.4, -0.2) is 37.2 Å². The van der Waals surface area contributed by atoms with E-state index < -0.39 is 6.10 Å². The molecule has 0 aliphatic carbocycles. The second-order valence-electron chi connectivity index (χ2n) is 22.7. The highest BCUT2D eigenvalue weighted by atomic mass is 16.6. The van der Waals surface area contributed by atoms with E-state index in [1.54, 1.807) is 0 Å². The number of unbranched alkanes of at least 4 members (excludes halogenated alkanes) is 41. The normalized spacial score (nSPS) is 12.4. The number of hydrogen-bond donors (Lipinski definition) is 0. The van der Waals surface area contributed by atoms with Gasteiger partial charge in [0.15, 0.2) is 6.10 Å². The van der Waals surface area contributed by atoms with Crippen LogP contribution >= 0.6 is 0 Å². The van der Waals surface area contributed by atoms with Gasteiger partial charge in [-0.1, -0.05) is 306 Å². The average molecular weight is 1080 g/mol. The quantitative estimate of drug-likeness (QED) is 0.0261. The first-order chi connectivity index (χ1) is 38.0. The van der Waals surface area contributed by atoms with Crippen LogP contribution < -0.4 is 0 Å². The highest BCUT2D eigenvalue weighted by Gasteiger charge is 2.19. The Hall–Kier alpha value is -2.89. The molecule has 448 valence electrons. The first-order valence-electron chi connectivity index (χ1n) is 33.8. The molecular formula is C71H128O6. The van der Waals surface area contributed by atoms with Crippen LogP contribution in [0.4, 0.5) is 0 Å². The average Bonchev–Trinajstić information content (AvgIpc) is 3.43. The molecule has 0 heterocycles. The Morgan fingerprint density at radius 2 is 0.468 bits per heavy atom. The standard InChI is InChI=1S/C71H128O6/c1-4-7-10-13-16-19-22-25-28-31-34-35-38-41-44-47-50-53-56-59-62-65-71(74)77-68(66-75-69(72)63-60-57-54-51-48-45-42-39-36-32-29-26-23-20-17-14-11-8-5-2)67-76-70(73)64-61-58-55-52-49-46-43-40-37-33-30-27-24-21-18-15-12-9-6-3/h17,20,25-26,28-29,36,39,45,48,68H,4-16,18-19,21-24,27,30-35,37-38,40-44,46-47,49-67H2,1-3H3/b20-17-,28-25-,29-26-,39-36-,48-45-/t68-/m1/s1. The smallest absolute Gasteiger partial charge is 0.306 e. The van der Waals surface area contributed by atoms with E-state index in [0.717, 1.165) is 83.5 Å². The van der Waals surface area contributed by atoms with Gasteiger partial charge in [-0.2, -0.15) is 0 Å². The summed E-state index contributed by atoms with van der Waals surface area (Å²) in [5.74, 6) is -0.891. The van der Waals surface area contributed by atoms with Gasteiger partial charge in [-0.15, -0.1) is 0 Å². The van der Waals surface area contributed by atoms with Crippen LogP contribution in [0, 0.1) is 0 Å². The lowest BCUT2D eigenvalue weighted by atomic mass is 10.0. The number of carbonyl (C=O) groups excluding carboxylic acids is 3. The van der Waals surface area contributed by atoms with Crippen molar-refractivity contribution in [1.82, 2.24) is 0 Å². The second-order valence-corrected chi connectivity index (χ2v) is 22.7. The molecule has 0 fully saturated rings. The zero-order valence-electron chi connectivity index (χ0n) is 51.5. The number of allylic oxidation sites excluding steroid dienone is 10. The monoisotopic (exact) mass is 1080 g/mol. The molecule has 0 saturated carbocycles. The van der Waals surface area contributed by atoms with Crippen molar-refractivity contribution in [3.8, 4) is 0 Å². The third-order valence-corrected chi connectivity index (χ3v) is 15.0. The van der Waals surface area contributed by atoms with Crippen LogP contribution in [0.3, 0.4) is 0 Å². The fraction of sp³-hybridized carbons (Fsp3) is 0.817. The number of esters is 3. The predicted molar refractivity (Wildman–Crippen MR) is 335 cm³/mol. The maximum Gasteiger partial charge on any atom is 0.306 e. The Kier molecular flexibility index (Phi) is 63.2. The summed E-state index contributed by atoms with van der Waals surface area (Å²) in [6.07, 6.45) is 83.7. The topological polar surface area (TPSA) is 78.9 Å². The molecule has 77 heavy (non-hydrogen) atoms. The van der Waals surface area contributed by atoms with E-state index in [9.17, 15) is 14.4 Å². The SMILES string of the molecule is CCCCC/C=C\C/C=C\C/C=C\C/C=C\CCCCCC(=O)OC[C@H](COC(=O)CCCCCCCCCCCCCCCCCCCCC)OC(=O)CCCCCCCCCCCCC/C=C\CCCCCCCC. The minimum Gasteiger partial charge on any atom is -0.462 e. The molecule has 0 rings (SSSR count). The Labute approximate surface area is 479 Å². The molecule has 0 aliphatic heterocycles. The molecule has 6 nitrogen and oxygen atoms in total. The molecule has 0 aromatic rings. The van der Waals surface area contributed by atoms with E-state index in [2.05, 4.69) is 81.5 Å². The molecule has 6 heteroatoms. The molecular weight excluding hydrogens is 949 g/mol. The Bertz CT molecular complexity index is 1380. The van der Waals surface area contributed by atoms with Gasteiger partial charge in [0, 0.05) is 19.3 Å². The minimum atomic E-state index is -0.788. The summed E-state index contributed by atoms with van der Waals surface area (Å²) in [5, 5.41) is 0. The highest BCUT2D eigenvalue weighted by molar-refractivity contribution is 5.71. The zero-order valence-corrected chi connectivity index (χ0v) is 51.5. The number of rotatable bonds is 62. The summed E-state index contributed by atoms with van der Waals surface area (Å²) in [6, 6.07) is 0. The third-order valence-electron chi connectivity index (χ3n) is 15.0. The molecule has 0 aromatic heterocycles. The van der Waals surface area contributed by atoms with Crippen LogP contribution in [0.25, 0.3) is 0 Å². The first-order valence-corrected chi connectivity index (χ1v) is 33.8. The van der Waals surface area contributed by atoms with Crippen LogP contribution in [0.5, 0.6) is 0 Å². The lowest BCUT2D eigenvalue weighted by Crippen LogP contribution is -2.30. The number of hydrogen-bond acceptors (Lipinski definition) is 6. The molecule has 1 atom stereocenters. The summed E-state index contributed by atoms with van der Waals surface area (Å²) < 4.78 is 17.0. The van der Waals surface area contributed by atoms with Gasteiger partial charge in [-0.3, -0.25) is 14.4 Å². The van der Waals surface area contributed by atoms with Gasteiger partial charge in [-0.05, 0) is 89.9 Å². The van der Waals surface area contributed by atoms with Crippen LogP contribution in [-0.2, 0) is 28.6 Å². The van der Waals surface area contributed by atoms with E-state index in [1.807, 2.05) is 0 Å². The van der Waals surface area contributed by atoms with E-state index in [0.29, 0.717) is 19.3 Å². The highest BCUT2D eigenvalue weighted by Crippen LogP contribution is 2.17. The fourth-order valence-electron chi connectivity index (χ4n) is 9.89. The van der Waals surface area contributed by atoms with Crippen molar-refractivity contribution in [1.29, 1.82) is 0 Å². The van der Waals surface area contributed by atoms with Gasteiger partial charge in [0.05, 0.1) is 0 Å². The van der Waals surface area contributed by atoms with Crippen molar-refractivity contribution in [2.45, 2.75) is 361 Å². The number of ether oxygens (including phenoxy) is 3. The van der Waals surface area contributed by atoms with Crippen molar-refractivity contribution >= 4 is 17.9 Å². The zero-order chi connectivity index (χ0) is 55.7. The maximum atomic E-state index is 12.9. The number of carbonyl (C=O) groups is 3. The van der Waals surface area contributed by atoms with Crippen molar-refractivity contribution in [3.63, 3.8) is 0 Å². The molecule has 0 bridgehead atoms. The van der Waals surface area contributed by atoms with E-state index >= 15 is 0 Å². The molecule has 0 aliphatic rings. The van der Waals surface area contributed by atoms with Crippen LogP contribution in [0.15, 0.2) is 60.8 Å². The van der Waals surface area contributed by atoms with Gasteiger partial charge >= 0.3 is 17.9 Å². The van der Waals surface area contributed by atoms with E-state index in [1.165, 1.54) is 231 Å². The Balaban J connectivity index is 4.39. The second kappa shape index (κ2) is 65.6. The molecule has 0 saturated heterocycles. The molecule has 0 aromatic carbocycles. The van der Waals surface area contributed by atoms with Gasteiger partial charge in [0.1, 0.15) is 13.2 Å². The molecule has 0 unspecified atom stereocenters. The summed E-state index contributed by atoms with van der Waals surface area (Å²) >= 11 is 0. The maximum absolute atomic E-state index is 12.9. The molecule has 0 N–H and O–H groups in total. The Morgan fingerprint density at radius 3 is 0.779 bits per heavy atom. The van der Waals surface area contributed by atoms with Gasteiger partial charge in [-0.25, -0.2) is 0 Å².